The Balaban J connectivity index is 0.00000161. The van der Waals surface area contributed by atoms with Crippen LogP contribution in [0.4, 0.5) is 0 Å². The summed E-state index contributed by atoms with van der Waals surface area (Å²) in [6, 6.07) is 5.50. The molecule has 1 saturated heterocycles. The first-order chi connectivity index (χ1) is 9.74. The fourth-order valence-corrected chi connectivity index (χ4v) is 2.91. The van der Waals surface area contributed by atoms with Crippen LogP contribution in [0.15, 0.2) is 24.4 Å². The summed E-state index contributed by atoms with van der Waals surface area (Å²) in [5.74, 6) is 0.262. The molecular formula is C16H21LiN2O2. The van der Waals surface area contributed by atoms with E-state index in [1.54, 1.807) is 12.3 Å². The third-order valence-electron chi connectivity index (χ3n) is 3.79. The van der Waals surface area contributed by atoms with Crippen LogP contribution in [0.2, 0.25) is 0 Å². The molecule has 1 aliphatic heterocycles. The number of hydrogen-bond donors (Lipinski definition) is 1. The molecule has 3 rings (SSSR count). The van der Waals surface area contributed by atoms with Crippen LogP contribution in [-0.4, -0.2) is 29.3 Å². The van der Waals surface area contributed by atoms with E-state index in [0.717, 1.165) is 42.4 Å². The van der Waals surface area contributed by atoms with Crippen molar-refractivity contribution < 1.29 is 28.7 Å². The van der Waals surface area contributed by atoms with Crippen LogP contribution in [0.25, 0.3) is 10.9 Å². The van der Waals surface area contributed by atoms with E-state index in [0.29, 0.717) is 0 Å². The molecule has 2 atom stereocenters. The van der Waals surface area contributed by atoms with Crippen molar-refractivity contribution in [3.8, 4) is 5.75 Å². The van der Waals surface area contributed by atoms with Gasteiger partial charge in [-0.05, 0) is 35.9 Å². The van der Waals surface area contributed by atoms with Gasteiger partial charge >= 0.3 is 18.9 Å². The van der Waals surface area contributed by atoms with Gasteiger partial charge in [-0.25, -0.2) is 0 Å². The van der Waals surface area contributed by atoms with Crippen molar-refractivity contribution in [3.63, 3.8) is 0 Å². The molecule has 1 aromatic carbocycles. The summed E-state index contributed by atoms with van der Waals surface area (Å²) in [6.07, 6.45) is 4.24. The smallest absolute Gasteiger partial charge is 0.663 e. The van der Waals surface area contributed by atoms with Crippen molar-refractivity contribution in [2.75, 3.05) is 13.1 Å². The number of aromatic nitrogens is 1. The minimum atomic E-state index is 0. The summed E-state index contributed by atoms with van der Waals surface area (Å²) in [5.41, 5.74) is 1.89. The predicted octanol–water partition coefficient (Wildman–Crippen LogP) is 0.0260. The van der Waals surface area contributed by atoms with Gasteiger partial charge in [-0.1, -0.05) is 19.9 Å². The van der Waals surface area contributed by atoms with Crippen molar-refractivity contribution >= 4 is 10.9 Å². The second-order valence-electron chi connectivity index (χ2n) is 5.40. The molecule has 0 bridgehead atoms. The van der Waals surface area contributed by atoms with Crippen molar-refractivity contribution in [1.29, 1.82) is 0 Å². The van der Waals surface area contributed by atoms with E-state index in [2.05, 4.69) is 23.7 Å². The van der Waals surface area contributed by atoms with Crippen LogP contribution in [0.3, 0.4) is 0 Å². The summed E-state index contributed by atoms with van der Waals surface area (Å²) in [6.45, 7) is 6.48. The van der Waals surface area contributed by atoms with Crippen LogP contribution in [-0.2, 0) is 4.74 Å². The van der Waals surface area contributed by atoms with Crippen molar-refractivity contribution in [3.05, 3.63) is 30.0 Å². The molecular weight excluding hydrogens is 259 g/mol. The Labute approximate surface area is 137 Å². The summed E-state index contributed by atoms with van der Waals surface area (Å²) in [7, 11) is 0. The first-order valence-corrected chi connectivity index (χ1v) is 7.38. The molecule has 1 aliphatic rings. The van der Waals surface area contributed by atoms with Crippen molar-refractivity contribution in [1.82, 2.24) is 9.88 Å². The molecule has 2 unspecified atom stereocenters. The van der Waals surface area contributed by atoms with Crippen molar-refractivity contribution in [2.24, 2.45) is 0 Å². The number of fused-ring (bicyclic) bond motifs is 1. The zero-order valence-corrected chi connectivity index (χ0v) is 13.0. The average molecular weight is 280 g/mol. The quantitative estimate of drug-likeness (QED) is 0.599. The molecule has 1 aromatic heterocycles. The second-order valence-corrected chi connectivity index (χ2v) is 5.40. The predicted molar refractivity (Wildman–Crippen MR) is 78.7 cm³/mol. The molecule has 2 aromatic rings. The van der Waals surface area contributed by atoms with Crippen LogP contribution in [0.1, 0.15) is 38.4 Å². The number of ether oxygens (including phenoxy) is 1. The van der Waals surface area contributed by atoms with E-state index >= 15 is 0 Å². The summed E-state index contributed by atoms with van der Waals surface area (Å²) < 4.78 is 5.89. The number of benzene rings is 1. The number of phenolic OH excluding ortho intramolecular Hbond substituents is 1. The first kappa shape index (κ1) is 16.4. The third kappa shape index (κ3) is 3.30. The molecule has 0 saturated carbocycles. The number of aromatic hydroxyl groups is 1. The molecule has 0 amide bonds. The first-order valence-electron chi connectivity index (χ1n) is 7.38. The van der Waals surface area contributed by atoms with Crippen LogP contribution in [0, 0.1) is 0 Å². The summed E-state index contributed by atoms with van der Waals surface area (Å²) in [4.78, 5) is 6.65. The van der Waals surface area contributed by atoms with E-state index in [4.69, 9.17) is 4.74 Å². The minimum Gasteiger partial charge on any atom is -0.663 e. The fourth-order valence-electron chi connectivity index (χ4n) is 2.91. The van der Waals surface area contributed by atoms with Crippen LogP contribution in [0.5, 0.6) is 5.75 Å². The Morgan fingerprint density at radius 1 is 1.24 bits per heavy atom. The van der Waals surface area contributed by atoms with Gasteiger partial charge in [0, 0.05) is 13.1 Å². The van der Waals surface area contributed by atoms with E-state index in [9.17, 15) is 5.11 Å². The zero-order valence-electron chi connectivity index (χ0n) is 13.0. The van der Waals surface area contributed by atoms with Crippen molar-refractivity contribution in [2.45, 2.75) is 39.0 Å². The third-order valence-corrected chi connectivity index (χ3v) is 3.79. The maximum Gasteiger partial charge on any atom is 1.00 e. The average Bonchev–Trinajstić information content (AvgIpc) is 3.08. The van der Waals surface area contributed by atoms with E-state index < -0.39 is 0 Å². The topological polar surface area (TPSA) is 50.1 Å². The molecule has 0 spiro atoms. The van der Waals surface area contributed by atoms with Gasteiger partial charge in [-0.15, -0.1) is 5.52 Å². The molecule has 1 N–H and O–H groups in total. The monoisotopic (exact) mass is 280 g/mol. The summed E-state index contributed by atoms with van der Waals surface area (Å²) in [5, 5.41) is 10.9. The second kappa shape index (κ2) is 6.89. The molecule has 21 heavy (non-hydrogen) atoms. The largest absolute Gasteiger partial charge is 1.00 e. The molecule has 5 heteroatoms. The van der Waals surface area contributed by atoms with E-state index in [-0.39, 0.29) is 36.9 Å². The van der Waals surface area contributed by atoms with Gasteiger partial charge < -0.3 is 14.8 Å². The number of phenols is 1. The normalized spacial score (nSPS) is 20.7. The maximum absolute atomic E-state index is 9.83. The van der Waals surface area contributed by atoms with Gasteiger partial charge in [-0.3, -0.25) is 4.90 Å². The zero-order chi connectivity index (χ0) is 14.1. The number of rotatable bonds is 6. The number of hydrogen-bond acceptors (Lipinski definition) is 3. The Hall–Kier alpha value is -0.923. The SMILES string of the molecule is CCCN(CCC)C1OC1c1cc(O)cc2[n-]ccc12.[Li+]. The molecule has 0 aliphatic carbocycles. The van der Waals surface area contributed by atoms with Crippen LogP contribution >= 0.6 is 0 Å². The Morgan fingerprint density at radius 3 is 2.62 bits per heavy atom. The fraction of sp³-hybridized carbons (Fsp3) is 0.500. The molecule has 2 heterocycles. The van der Waals surface area contributed by atoms with Gasteiger partial charge in [0.25, 0.3) is 0 Å². The van der Waals surface area contributed by atoms with E-state index in [1.807, 2.05) is 12.1 Å². The van der Waals surface area contributed by atoms with Gasteiger partial charge in [0.1, 0.15) is 18.1 Å². The molecule has 1 fully saturated rings. The van der Waals surface area contributed by atoms with Gasteiger partial charge in [-0.2, -0.15) is 6.20 Å². The Morgan fingerprint density at radius 2 is 1.95 bits per heavy atom. The number of epoxide rings is 1. The van der Waals surface area contributed by atoms with Gasteiger partial charge in [0.2, 0.25) is 0 Å². The number of nitrogens with zero attached hydrogens (tertiary/aromatic N) is 2. The molecule has 108 valence electrons. The van der Waals surface area contributed by atoms with Crippen LogP contribution < -0.4 is 23.8 Å². The minimum absolute atomic E-state index is 0. The Kier molecular flexibility index (Phi) is 5.40. The Bertz CT molecular complexity index is 593. The summed E-state index contributed by atoms with van der Waals surface area (Å²) >= 11 is 0. The van der Waals surface area contributed by atoms with Gasteiger partial charge in [0.15, 0.2) is 0 Å². The van der Waals surface area contributed by atoms with Gasteiger partial charge in [0.05, 0.1) is 0 Å². The molecule has 4 nitrogen and oxygen atoms in total. The standard InChI is InChI=1S/C16H21N2O2.Li/c1-3-7-18(8-4-2)16-15(20-16)13-9-11(19)10-14-12(13)5-6-17-14;/h5-6,9-10,15-16,19H,3-4,7-8H2,1-2H3;/q-1;+1. The van der Waals surface area contributed by atoms with E-state index in [1.165, 1.54) is 0 Å². The molecule has 0 radical (unpaired) electrons. The maximum atomic E-state index is 9.83.